The summed E-state index contributed by atoms with van der Waals surface area (Å²) < 4.78 is 5.06. The van der Waals surface area contributed by atoms with Gasteiger partial charge in [0.2, 0.25) is 0 Å². The van der Waals surface area contributed by atoms with Crippen LogP contribution in [-0.4, -0.2) is 48.2 Å². The molecule has 1 saturated heterocycles. The van der Waals surface area contributed by atoms with Crippen LogP contribution in [0.3, 0.4) is 0 Å². The zero-order chi connectivity index (χ0) is 9.97. The minimum Gasteiger partial charge on any atom is -0.381 e. The molecule has 2 N–H and O–H groups in total. The molecule has 0 spiro atoms. The van der Waals surface area contributed by atoms with E-state index in [1.165, 1.54) is 0 Å². The van der Waals surface area contributed by atoms with E-state index in [-0.39, 0.29) is 0 Å². The van der Waals surface area contributed by atoms with Crippen molar-refractivity contribution in [2.75, 3.05) is 39.0 Å². The van der Waals surface area contributed by atoms with E-state index in [4.69, 9.17) is 10.3 Å². The van der Waals surface area contributed by atoms with Crippen LogP contribution in [0.15, 0.2) is 10.6 Å². The number of rotatable bonds is 2. The molecule has 0 unspecified atom stereocenters. The fraction of sp³-hybridized carbons (Fsp3) is 0.667. The molecule has 0 bridgehead atoms. The Hall–Kier alpha value is -1.07. The van der Waals surface area contributed by atoms with Gasteiger partial charge in [-0.2, -0.15) is 0 Å². The van der Waals surface area contributed by atoms with Gasteiger partial charge in [0.25, 0.3) is 0 Å². The highest BCUT2D eigenvalue weighted by atomic mass is 16.5. The second-order valence-electron chi connectivity index (χ2n) is 3.80. The van der Waals surface area contributed by atoms with Crippen LogP contribution in [0, 0.1) is 0 Å². The summed E-state index contributed by atoms with van der Waals surface area (Å²) in [6, 6.07) is 1.79. The van der Waals surface area contributed by atoms with Crippen LogP contribution in [0.5, 0.6) is 0 Å². The Labute approximate surface area is 83.4 Å². The van der Waals surface area contributed by atoms with Crippen molar-refractivity contribution in [3.8, 4) is 0 Å². The molecular weight excluding hydrogens is 180 g/mol. The minimum atomic E-state index is 0.467. The highest BCUT2D eigenvalue weighted by molar-refractivity contribution is 5.26. The predicted octanol–water partition coefficient (Wildman–Crippen LogP) is 0.00420. The lowest BCUT2D eigenvalue weighted by atomic mass is 10.3. The molecule has 0 aromatic carbocycles. The van der Waals surface area contributed by atoms with Gasteiger partial charge in [-0.25, -0.2) is 0 Å². The maximum Gasteiger partial charge on any atom is 0.167 e. The van der Waals surface area contributed by atoms with E-state index in [1.807, 2.05) is 0 Å². The molecule has 1 aromatic heterocycles. The van der Waals surface area contributed by atoms with E-state index >= 15 is 0 Å². The van der Waals surface area contributed by atoms with Crippen LogP contribution in [-0.2, 0) is 6.54 Å². The van der Waals surface area contributed by atoms with Crippen molar-refractivity contribution in [3.05, 3.63) is 11.8 Å². The number of piperazine rings is 1. The standard InChI is InChI=1S/C9H16N4O/c1-12-2-4-13(5-3-12)7-8-6-9(10)11-14-8/h6H,2-5,7H2,1H3,(H2,10,11). The van der Waals surface area contributed by atoms with Crippen LogP contribution >= 0.6 is 0 Å². The first-order valence-corrected chi connectivity index (χ1v) is 4.86. The summed E-state index contributed by atoms with van der Waals surface area (Å²) >= 11 is 0. The normalized spacial score (nSPS) is 20.1. The molecule has 2 rings (SSSR count). The molecular formula is C9H16N4O. The van der Waals surface area contributed by atoms with Gasteiger partial charge in [0, 0.05) is 32.2 Å². The van der Waals surface area contributed by atoms with Crippen molar-refractivity contribution in [1.82, 2.24) is 15.0 Å². The molecule has 0 amide bonds. The van der Waals surface area contributed by atoms with Gasteiger partial charge in [-0.15, -0.1) is 0 Å². The number of hydrogen-bond donors (Lipinski definition) is 1. The molecule has 5 nitrogen and oxygen atoms in total. The van der Waals surface area contributed by atoms with Crippen LogP contribution in [0.2, 0.25) is 0 Å². The van der Waals surface area contributed by atoms with Crippen molar-refractivity contribution in [1.29, 1.82) is 0 Å². The number of likely N-dealkylation sites (N-methyl/N-ethyl adjacent to an activating group) is 1. The molecule has 0 radical (unpaired) electrons. The van der Waals surface area contributed by atoms with E-state index < -0.39 is 0 Å². The maximum absolute atomic E-state index is 5.47. The largest absolute Gasteiger partial charge is 0.381 e. The second-order valence-corrected chi connectivity index (χ2v) is 3.80. The summed E-state index contributed by atoms with van der Waals surface area (Å²) in [5.74, 6) is 1.32. The van der Waals surface area contributed by atoms with Gasteiger partial charge >= 0.3 is 0 Å². The topological polar surface area (TPSA) is 58.5 Å². The quantitative estimate of drug-likeness (QED) is 0.721. The van der Waals surface area contributed by atoms with Crippen LogP contribution in [0.25, 0.3) is 0 Å². The van der Waals surface area contributed by atoms with Crippen molar-refractivity contribution in [2.45, 2.75) is 6.54 Å². The molecule has 1 aliphatic heterocycles. The first kappa shape index (κ1) is 9.48. The van der Waals surface area contributed by atoms with E-state index in [1.54, 1.807) is 6.07 Å². The van der Waals surface area contributed by atoms with Gasteiger partial charge < -0.3 is 15.2 Å². The number of nitrogens with two attached hydrogens (primary N) is 1. The molecule has 2 heterocycles. The molecule has 0 saturated carbocycles. The lowest BCUT2D eigenvalue weighted by molar-refractivity contribution is 0.137. The van der Waals surface area contributed by atoms with E-state index in [0.717, 1.165) is 38.5 Å². The second kappa shape index (κ2) is 3.98. The number of hydrogen-bond acceptors (Lipinski definition) is 5. The molecule has 5 heteroatoms. The Bertz CT molecular complexity index is 291. The smallest absolute Gasteiger partial charge is 0.167 e. The minimum absolute atomic E-state index is 0.467. The lowest BCUT2D eigenvalue weighted by Gasteiger charge is -2.31. The monoisotopic (exact) mass is 196 g/mol. The first-order valence-electron chi connectivity index (χ1n) is 4.86. The van der Waals surface area contributed by atoms with Crippen LogP contribution in [0.1, 0.15) is 5.76 Å². The average molecular weight is 196 g/mol. The lowest BCUT2D eigenvalue weighted by Crippen LogP contribution is -2.43. The highest BCUT2D eigenvalue weighted by Gasteiger charge is 2.15. The average Bonchev–Trinajstić information content (AvgIpc) is 2.56. The Kier molecular flexibility index (Phi) is 2.69. The Morgan fingerprint density at radius 1 is 1.43 bits per heavy atom. The SMILES string of the molecule is CN1CCN(Cc2cc(N)no2)CC1. The van der Waals surface area contributed by atoms with E-state index in [9.17, 15) is 0 Å². The maximum atomic E-state index is 5.47. The molecule has 1 aromatic rings. The van der Waals surface area contributed by atoms with E-state index in [0.29, 0.717) is 5.82 Å². The molecule has 78 valence electrons. The van der Waals surface area contributed by atoms with Crippen molar-refractivity contribution < 1.29 is 4.52 Å². The summed E-state index contributed by atoms with van der Waals surface area (Å²) in [6.07, 6.45) is 0. The molecule has 1 aliphatic rings. The fourth-order valence-corrected chi connectivity index (χ4v) is 1.63. The summed E-state index contributed by atoms with van der Waals surface area (Å²) in [4.78, 5) is 4.67. The molecule has 0 atom stereocenters. The van der Waals surface area contributed by atoms with Gasteiger partial charge in [-0.3, -0.25) is 4.90 Å². The van der Waals surface area contributed by atoms with Gasteiger partial charge in [0.05, 0.1) is 6.54 Å². The van der Waals surface area contributed by atoms with Crippen LogP contribution < -0.4 is 5.73 Å². The Morgan fingerprint density at radius 3 is 2.71 bits per heavy atom. The third-order valence-electron chi connectivity index (χ3n) is 2.55. The third kappa shape index (κ3) is 2.24. The number of anilines is 1. The summed E-state index contributed by atoms with van der Waals surface area (Å²) in [6.45, 7) is 5.21. The van der Waals surface area contributed by atoms with Crippen LogP contribution in [0.4, 0.5) is 5.82 Å². The highest BCUT2D eigenvalue weighted by Crippen LogP contribution is 2.09. The molecule has 14 heavy (non-hydrogen) atoms. The molecule has 0 aliphatic carbocycles. The predicted molar refractivity (Wildman–Crippen MR) is 53.7 cm³/mol. The number of nitrogens with zero attached hydrogens (tertiary/aromatic N) is 3. The molecule has 1 fully saturated rings. The van der Waals surface area contributed by atoms with Gasteiger partial charge in [-0.1, -0.05) is 5.16 Å². The zero-order valence-electron chi connectivity index (χ0n) is 8.44. The fourth-order valence-electron chi connectivity index (χ4n) is 1.63. The summed E-state index contributed by atoms with van der Waals surface area (Å²) in [5.41, 5.74) is 5.47. The van der Waals surface area contributed by atoms with Gasteiger partial charge in [-0.05, 0) is 7.05 Å². The van der Waals surface area contributed by atoms with Gasteiger partial charge in [0.15, 0.2) is 11.6 Å². The van der Waals surface area contributed by atoms with Crippen molar-refractivity contribution >= 4 is 5.82 Å². The van der Waals surface area contributed by atoms with Crippen molar-refractivity contribution in [3.63, 3.8) is 0 Å². The zero-order valence-corrected chi connectivity index (χ0v) is 8.44. The number of aromatic nitrogens is 1. The Morgan fingerprint density at radius 2 is 2.14 bits per heavy atom. The first-order chi connectivity index (χ1) is 6.74. The number of nitrogen functional groups attached to an aromatic ring is 1. The van der Waals surface area contributed by atoms with E-state index in [2.05, 4.69) is 22.0 Å². The summed E-state index contributed by atoms with van der Waals surface area (Å²) in [5, 5.41) is 3.66. The van der Waals surface area contributed by atoms with Crippen molar-refractivity contribution in [2.24, 2.45) is 0 Å². The third-order valence-corrected chi connectivity index (χ3v) is 2.55. The van der Waals surface area contributed by atoms with Gasteiger partial charge in [0.1, 0.15) is 0 Å². The Balaban J connectivity index is 1.86. The summed E-state index contributed by atoms with van der Waals surface area (Å²) in [7, 11) is 2.14.